The first-order valence-corrected chi connectivity index (χ1v) is 4.40. The molecule has 60 valence electrons. The highest BCUT2D eigenvalue weighted by Gasteiger charge is 2.05. The van der Waals surface area contributed by atoms with Crippen molar-refractivity contribution < 1.29 is 5.11 Å². The Bertz CT molecular complexity index is 235. The van der Waals surface area contributed by atoms with Crippen molar-refractivity contribution in [2.45, 2.75) is 12.8 Å². The van der Waals surface area contributed by atoms with Crippen LogP contribution in [0.5, 0.6) is 0 Å². The van der Waals surface area contributed by atoms with E-state index in [9.17, 15) is 0 Å². The third-order valence-corrected chi connectivity index (χ3v) is 2.43. The van der Waals surface area contributed by atoms with Gasteiger partial charge < -0.3 is 5.11 Å². The van der Waals surface area contributed by atoms with Gasteiger partial charge in [0.25, 0.3) is 0 Å². The molecule has 0 spiro atoms. The van der Waals surface area contributed by atoms with Crippen molar-refractivity contribution in [3.8, 4) is 0 Å². The lowest BCUT2D eigenvalue weighted by Crippen LogP contribution is -1.98. The van der Waals surface area contributed by atoms with Crippen LogP contribution < -0.4 is 0 Å². The van der Waals surface area contributed by atoms with E-state index in [1.807, 2.05) is 31.2 Å². The molecule has 0 aliphatic heterocycles. The normalized spacial score (nSPS) is 13.0. The molecule has 1 aromatic rings. The Hall–Kier alpha value is -0.340. The van der Waals surface area contributed by atoms with Crippen molar-refractivity contribution in [2.75, 3.05) is 6.61 Å². The van der Waals surface area contributed by atoms with Crippen LogP contribution in [0.15, 0.2) is 28.7 Å². The fourth-order valence-electron chi connectivity index (χ4n) is 0.973. The second-order valence-corrected chi connectivity index (χ2v) is 3.46. The van der Waals surface area contributed by atoms with E-state index in [-0.39, 0.29) is 12.5 Å². The van der Waals surface area contributed by atoms with Crippen molar-refractivity contribution >= 4 is 15.9 Å². The minimum atomic E-state index is 0.197. The molecular weight excluding hydrogens is 204 g/mol. The van der Waals surface area contributed by atoms with E-state index in [0.717, 1.165) is 10.0 Å². The Morgan fingerprint density at radius 1 is 1.45 bits per heavy atom. The number of aliphatic hydroxyl groups excluding tert-OH is 1. The molecule has 1 aromatic carbocycles. The summed E-state index contributed by atoms with van der Waals surface area (Å²) in [7, 11) is 0. The highest BCUT2D eigenvalue weighted by atomic mass is 79.9. The zero-order chi connectivity index (χ0) is 8.27. The van der Waals surface area contributed by atoms with Crippen molar-refractivity contribution in [3.05, 3.63) is 34.3 Å². The van der Waals surface area contributed by atoms with Gasteiger partial charge in [0.1, 0.15) is 0 Å². The molecular formula is C9H11BrO. The second-order valence-electron chi connectivity index (χ2n) is 2.61. The Labute approximate surface area is 75.2 Å². The summed E-state index contributed by atoms with van der Waals surface area (Å²) in [6.45, 7) is 2.20. The third-order valence-electron chi connectivity index (χ3n) is 1.71. The molecule has 11 heavy (non-hydrogen) atoms. The van der Waals surface area contributed by atoms with Crippen molar-refractivity contribution in [1.82, 2.24) is 0 Å². The Balaban J connectivity index is 2.93. The lowest BCUT2D eigenvalue weighted by molar-refractivity contribution is 0.273. The molecule has 0 aromatic heterocycles. The Morgan fingerprint density at radius 2 is 2.09 bits per heavy atom. The zero-order valence-corrected chi connectivity index (χ0v) is 8.01. The SMILES string of the molecule is CC(CO)c1ccccc1Br. The molecule has 2 heteroatoms. The van der Waals surface area contributed by atoms with Crippen LogP contribution in [-0.4, -0.2) is 11.7 Å². The fourth-order valence-corrected chi connectivity index (χ4v) is 1.65. The van der Waals surface area contributed by atoms with E-state index < -0.39 is 0 Å². The number of aliphatic hydroxyl groups is 1. The van der Waals surface area contributed by atoms with Gasteiger partial charge in [-0.1, -0.05) is 41.1 Å². The summed E-state index contributed by atoms with van der Waals surface area (Å²) >= 11 is 3.43. The number of rotatable bonds is 2. The van der Waals surface area contributed by atoms with Crippen molar-refractivity contribution in [3.63, 3.8) is 0 Å². The summed E-state index contributed by atoms with van der Waals surface area (Å²) in [5.41, 5.74) is 1.16. The zero-order valence-electron chi connectivity index (χ0n) is 6.42. The molecule has 1 unspecified atom stereocenters. The van der Waals surface area contributed by atoms with E-state index in [2.05, 4.69) is 15.9 Å². The van der Waals surface area contributed by atoms with Gasteiger partial charge in [-0.15, -0.1) is 0 Å². The van der Waals surface area contributed by atoms with Gasteiger partial charge in [-0.3, -0.25) is 0 Å². The van der Waals surface area contributed by atoms with Gasteiger partial charge in [-0.25, -0.2) is 0 Å². The van der Waals surface area contributed by atoms with Crippen LogP contribution in [-0.2, 0) is 0 Å². The van der Waals surface area contributed by atoms with E-state index in [0.29, 0.717) is 0 Å². The molecule has 1 N–H and O–H groups in total. The van der Waals surface area contributed by atoms with Crippen molar-refractivity contribution in [2.24, 2.45) is 0 Å². The highest BCUT2D eigenvalue weighted by molar-refractivity contribution is 9.10. The molecule has 0 saturated carbocycles. The highest BCUT2D eigenvalue weighted by Crippen LogP contribution is 2.23. The minimum Gasteiger partial charge on any atom is -0.396 e. The van der Waals surface area contributed by atoms with Gasteiger partial charge in [-0.05, 0) is 11.6 Å². The van der Waals surface area contributed by atoms with E-state index in [1.165, 1.54) is 0 Å². The van der Waals surface area contributed by atoms with Crippen LogP contribution >= 0.6 is 15.9 Å². The molecule has 0 bridgehead atoms. The summed E-state index contributed by atoms with van der Waals surface area (Å²) in [5.74, 6) is 0.213. The van der Waals surface area contributed by atoms with Crippen LogP contribution in [0, 0.1) is 0 Å². The quantitative estimate of drug-likeness (QED) is 0.803. The standard InChI is InChI=1S/C9H11BrO/c1-7(6-11)8-4-2-3-5-9(8)10/h2-5,7,11H,6H2,1H3. The van der Waals surface area contributed by atoms with Crippen LogP contribution in [0.1, 0.15) is 18.4 Å². The number of benzene rings is 1. The summed E-state index contributed by atoms with van der Waals surface area (Å²) in [6, 6.07) is 7.95. The summed E-state index contributed by atoms with van der Waals surface area (Å²) in [6.07, 6.45) is 0. The first kappa shape index (κ1) is 8.75. The maximum Gasteiger partial charge on any atom is 0.0497 e. The summed E-state index contributed by atoms with van der Waals surface area (Å²) in [5, 5.41) is 8.89. The largest absolute Gasteiger partial charge is 0.396 e. The topological polar surface area (TPSA) is 20.2 Å². The van der Waals surface area contributed by atoms with Crippen LogP contribution in [0.25, 0.3) is 0 Å². The molecule has 0 saturated heterocycles. The van der Waals surface area contributed by atoms with Gasteiger partial charge in [0.15, 0.2) is 0 Å². The monoisotopic (exact) mass is 214 g/mol. The van der Waals surface area contributed by atoms with Crippen LogP contribution in [0.4, 0.5) is 0 Å². The maximum atomic E-state index is 8.89. The first-order valence-electron chi connectivity index (χ1n) is 3.61. The third kappa shape index (κ3) is 2.04. The second kappa shape index (κ2) is 3.88. The molecule has 0 aliphatic rings. The predicted molar refractivity (Wildman–Crippen MR) is 49.6 cm³/mol. The van der Waals surface area contributed by atoms with E-state index in [4.69, 9.17) is 5.11 Å². The number of halogens is 1. The Kier molecular flexibility index (Phi) is 3.09. The number of hydrogen-bond donors (Lipinski definition) is 1. The average molecular weight is 215 g/mol. The number of hydrogen-bond acceptors (Lipinski definition) is 1. The average Bonchev–Trinajstić information content (AvgIpc) is 2.04. The van der Waals surface area contributed by atoms with Crippen molar-refractivity contribution in [1.29, 1.82) is 0 Å². The molecule has 1 atom stereocenters. The molecule has 0 radical (unpaired) electrons. The molecule has 0 fully saturated rings. The van der Waals surface area contributed by atoms with Crippen LogP contribution in [0.3, 0.4) is 0 Å². The molecule has 1 nitrogen and oxygen atoms in total. The fraction of sp³-hybridized carbons (Fsp3) is 0.333. The summed E-state index contributed by atoms with van der Waals surface area (Å²) in [4.78, 5) is 0. The molecule has 0 heterocycles. The van der Waals surface area contributed by atoms with Crippen LogP contribution in [0.2, 0.25) is 0 Å². The lowest BCUT2D eigenvalue weighted by Gasteiger charge is -2.09. The van der Waals surface area contributed by atoms with Gasteiger partial charge >= 0.3 is 0 Å². The lowest BCUT2D eigenvalue weighted by atomic mass is 10.0. The maximum absolute atomic E-state index is 8.89. The van der Waals surface area contributed by atoms with Gasteiger partial charge in [-0.2, -0.15) is 0 Å². The molecule has 0 aliphatic carbocycles. The van der Waals surface area contributed by atoms with Gasteiger partial charge in [0.2, 0.25) is 0 Å². The van der Waals surface area contributed by atoms with Gasteiger partial charge in [0.05, 0.1) is 0 Å². The first-order chi connectivity index (χ1) is 5.25. The molecule has 0 amide bonds. The smallest absolute Gasteiger partial charge is 0.0497 e. The predicted octanol–water partition coefficient (Wildman–Crippen LogP) is 2.54. The minimum absolute atomic E-state index is 0.197. The van der Waals surface area contributed by atoms with E-state index >= 15 is 0 Å². The van der Waals surface area contributed by atoms with Gasteiger partial charge in [0, 0.05) is 17.0 Å². The molecule has 1 rings (SSSR count). The van der Waals surface area contributed by atoms with E-state index in [1.54, 1.807) is 0 Å². The Morgan fingerprint density at radius 3 is 2.64 bits per heavy atom. The summed E-state index contributed by atoms with van der Waals surface area (Å²) < 4.78 is 1.07.